The van der Waals surface area contributed by atoms with Gasteiger partial charge in [0.1, 0.15) is 29.0 Å². The van der Waals surface area contributed by atoms with Crippen molar-refractivity contribution in [1.29, 1.82) is 0 Å². The molecule has 0 fully saturated rings. The van der Waals surface area contributed by atoms with E-state index in [1.807, 2.05) is 0 Å². The topological polar surface area (TPSA) is 62.7 Å². The smallest absolute Gasteiger partial charge is 0.224 e. The molecule has 21 heavy (non-hydrogen) atoms. The molecule has 0 unspecified atom stereocenters. The van der Waals surface area contributed by atoms with Gasteiger partial charge in [0.05, 0.1) is 14.2 Å². The second-order valence-corrected chi connectivity index (χ2v) is 4.42. The highest BCUT2D eigenvalue weighted by Crippen LogP contribution is 2.30. The van der Waals surface area contributed by atoms with E-state index in [-0.39, 0.29) is 11.8 Å². The number of halogens is 1. The third kappa shape index (κ3) is 4.21. The number of aromatic nitrogens is 2. The second-order valence-electron chi connectivity index (χ2n) is 4.03. The number of hydrogen-bond donors (Lipinski definition) is 0. The van der Waals surface area contributed by atoms with E-state index in [0.717, 1.165) is 0 Å². The molecule has 6 nitrogen and oxygen atoms in total. The fraction of sp³-hybridized carbons (Fsp3) is 0.286. The first-order chi connectivity index (χ1) is 10.1. The maximum absolute atomic E-state index is 5.93. The average molecular weight is 311 g/mol. The Bertz CT molecular complexity index is 600. The van der Waals surface area contributed by atoms with Crippen LogP contribution in [0.25, 0.3) is 0 Å². The molecule has 0 saturated heterocycles. The maximum atomic E-state index is 5.93. The van der Waals surface area contributed by atoms with Crippen LogP contribution in [0.15, 0.2) is 24.3 Å². The molecule has 0 spiro atoms. The molecular formula is C14H15ClN2O4. The minimum absolute atomic E-state index is 0.248. The molecule has 0 bridgehead atoms. The van der Waals surface area contributed by atoms with Crippen molar-refractivity contribution < 1.29 is 18.9 Å². The van der Waals surface area contributed by atoms with Gasteiger partial charge in [0, 0.05) is 31.4 Å². The SMILES string of the molecule is COCc1nc(Cl)cc(Oc2cc(OC)cc(OC)c2)n1. The Balaban J connectivity index is 2.28. The summed E-state index contributed by atoms with van der Waals surface area (Å²) in [7, 11) is 4.69. The first-order valence-electron chi connectivity index (χ1n) is 6.08. The van der Waals surface area contributed by atoms with Crippen LogP contribution in [0.3, 0.4) is 0 Å². The molecule has 7 heteroatoms. The van der Waals surface area contributed by atoms with Crippen molar-refractivity contribution in [3.05, 3.63) is 35.2 Å². The standard InChI is InChI=1S/C14H15ClN2O4/c1-18-8-13-16-12(15)7-14(17-13)21-11-5-9(19-2)4-10(6-11)20-3/h4-7H,8H2,1-3H3. The van der Waals surface area contributed by atoms with Crippen molar-refractivity contribution in [2.75, 3.05) is 21.3 Å². The van der Waals surface area contributed by atoms with Gasteiger partial charge in [-0.15, -0.1) is 0 Å². The van der Waals surface area contributed by atoms with E-state index in [9.17, 15) is 0 Å². The molecule has 0 amide bonds. The van der Waals surface area contributed by atoms with E-state index >= 15 is 0 Å². The first-order valence-corrected chi connectivity index (χ1v) is 6.45. The lowest BCUT2D eigenvalue weighted by atomic mass is 10.3. The van der Waals surface area contributed by atoms with Gasteiger partial charge in [-0.2, -0.15) is 4.98 Å². The zero-order chi connectivity index (χ0) is 15.2. The minimum atomic E-state index is 0.248. The lowest BCUT2D eigenvalue weighted by molar-refractivity contribution is 0.177. The Labute approximate surface area is 127 Å². The van der Waals surface area contributed by atoms with Gasteiger partial charge in [-0.25, -0.2) is 4.98 Å². The van der Waals surface area contributed by atoms with Gasteiger partial charge >= 0.3 is 0 Å². The van der Waals surface area contributed by atoms with Crippen molar-refractivity contribution in [2.24, 2.45) is 0 Å². The number of benzene rings is 1. The molecule has 1 aromatic carbocycles. The highest BCUT2D eigenvalue weighted by Gasteiger charge is 2.08. The minimum Gasteiger partial charge on any atom is -0.496 e. The summed E-state index contributed by atoms with van der Waals surface area (Å²) < 4.78 is 21.0. The van der Waals surface area contributed by atoms with E-state index in [1.54, 1.807) is 39.5 Å². The molecule has 0 N–H and O–H groups in total. The van der Waals surface area contributed by atoms with Gasteiger partial charge in [-0.1, -0.05) is 11.6 Å². The van der Waals surface area contributed by atoms with Gasteiger partial charge in [0.15, 0.2) is 5.82 Å². The highest BCUT2D eigenvalue weighted by atomic mass is 35.5. The van der Waals surface area contributed by atoms with Crippen LogP contribution in [0.2, 0.25) is 5.15 Å². The van der Waals surface area contributed by atoms with E-state index in [4.69, 9.17) is 30.5 Å². The zero-order valence-corrected chi connectivity index (χ0v) is 12.7. The molecule has 0 aliphatic carbocycles. The molecule has 1 aromatic heterocycles. The lowest BCUT2D eigenvalue weighted by Crippen LogP contribution is -1.99. The van der Waals surface area contributed by atoms with Crippen molar-refractivity contribution in [3.8, 4) is 23.1 Å². The summed E-state index contributed by atoms with van der Waals surface area (Å²) in [5.74, 6) is 2.50. The Hall–Kier alpha value is -2.05. The number of hydrogen-bond acceptors (Lipinski definition) is 6. The number of methoxy groups -OCH3 is 3. The fourth-order valence-electron chi connectivity index (χ4n) is 1.65. The predicted molar refractivity (Wildman–Crippen MR) is 77.4 cm³/mol. The molecule has 0 atom stereocenters. The third-order valence-electron chi connectivity index (χ3n) is 2.54. The van der Waals surface area contributed by atoms with Crippen LogP contribution < -0.4 is 14.2 Å². The third-order valence-corrected chi connectivity index (χ3v) is 2.73. The van der Waals surface area contributed by atoms with E-state index in [1.165, 1.54) is 6.07 Å². The normalized spacial score (nSPS) is 10.3. The lowest BCUT2D eigenvalue weighted by Gasteiger charge is -2.10. The van der Waals surface area contributed by atoms with Crippen LogP contribution in [0.1, 0.15) is 5.82 Å². The van der Waals surface area contributed by atoms with E-state index < -0.39 is 0 Å². The maximum Gasteiger partial charge on any atom is 0.224 e. The van der Waals surface area contributed by atoms with Crippen molar-refractivity contribution in [3.63, 3.8) is 0 Å². The molecule has 1 heterocycles. The fourth-order valence-corrected chi connectivity index (χ4v) is 1.84. The number of rotatable bonds is 6. The molecule has 2 aromatic rings. The summed E-state index contributed by atoms with van der Waals surface area (Å²) in [5.41, 5.74) is 0. The van der Waals surface area contributed by atoms with Gasteiger partial charge < -0.3 is 18.9 Å². The summed E-state index contributed by atoms with van der Waals surface area (Å²) >= 11 is 5.93. The summed E-state index contributed by atoms with van der Waals surface area (Å²) in [6.45, 7) is 0.248. The quantitative estimate of drug-likeness (QED) is 0.764. The summed E-state index contributed by atoms with van der Waals surface area (Å²) in [5, 5.41) is 0.280. The Morgan fingerprint density at radius 1 is 0.905 bits per heavy atom. The monoisotopic (exact) mass is 310 g/mol. The summed E-state index contributed by atoms with van der Waals surface area (Å²) in [6.07, 6.45) is 0. The molecule has 0 aliphatic rings. The van der Waals surface area contributed by atoms with Crippen LogP contribution in [-0.2, 0) is 11.3 Å². The van der Waals surface area contributed by atoms with E-state index in [0.29, 0.717) is 29.0 Å². The summed E-state index contributed by atoms with van der Waals surface area (Å²) in [6, 6.07) is 6.70. The van der Waals surface area contributed by atoms with Crippen LogP contribution in [0, 0.1) is 0 Å². The number of nitrogens with zero attached hydrogens (tertiary/aromatic N) is 2. The van der Waals surface area contributed by atoms with Crippen LogP contribution in [0.5, 0.6) is 23.1 Å². The molecule has 0 radical (unpaired) electrons. The van der Waals surface area contributed by atoms with Crippen LogP contribution in [-0.4, -0.2) is 31.3 Å². The number of ether oxygens (including phenoxy) is 4. The van der Waals surface area contributed by atoms with Gasteiger partial charge in [0.2, 0.25) is 5.88 Å². The van der Waals surface area contributed by atoms with Crippen molar-refractivity contribution in [1.82, 2.24) is 9.97 Å². The Morgan fingerprint density at radius 2 is 1.52 bits per heavy atom. The van der Waals surface area contributed by atoms with E-state index in [2.05, 4.69) is 9.97 Å². The van der Waals surface area contributed by atoms with Crippen molar-refractivity contribution >= 4 is 11.6 Å². The summed E-state index contributed by atoms with van der Waals surface area (Å²) in [4.78, 5) is 8.24. The molecule has 2 rings (SSSR count). The van der Waals surface area contributed by atoms with Crippen LogP contribution >= 0.6 is 11.6 Å². The Kier molecular flexibility index (Phi) is 5.19. The van der Waals surface area contributed by atoms with Gasteiger partial charge in [0.25, 0.3) is 0 Å². The zero-order valence-electron chi connectivity index (χ0n) is 11.9. The first kappa shape index (κ1) is 15.3. The molecular weight excluding hydrogens is 296 g/mol. The molecule has 0 aliphatic heterocycles. The molecule has 0 saturated carbocycles. The average Bonchev–Trinajstić information content (AvgIpc) is 2.46. The second kappa shape index (κ2) is 7.10. The van der Waals surface area contributed by atoms with Gasteiger partial charge in [-0.05, 0) is 0 Å². The largest absolute Gasteiger partial charge is 0.496 e. The predicted octanol–water partition coefficient (Wildman–Crippen LogP) is 3.09. The van der Waals surface area contributed by atoms with Crippen LogP contribution in [0.4, 0.5) is 0 Å². The molecule has 112 valence electrons. The van der Waals surface area contributed by atoms with Crippen molar-refractivity contribution in [2.45, 2.75) is 6.61 Å². The van der Waals surface area contributed by atoms with Gasteiger partial charge in [-0.3, -0.25) is 0 Å². The Morgan fingerprint density at radius 3 is 2.10 bits per heavy atom. The highest BCUT2D eigenvalue weighted by molar-refractivity contribution is 6.29.